The Morgan fingerprint density at radius 3 is 2.27 bits per heavy atom. The summed E-state index contributed by atoms with van der Waals surface area (Å²) in [7, 11) is -0.576. The second-order valence-corrected chi connectivity index (χ2v) is 9.38. The van der Waals surface area contributed by atoms with E-state index in [1.807, 2.05) is 24.3 Å². The molecule has 0 unspecified atom stereocenters. The molecule has 2 amide bonds. The van der Waals surface area contributed by atoms with Crippen LogP contribution < -0.4 is 9.46 Å². The molecule has 2 aromatic carbocycles. The van der Waals surface area contributed by atoms with Gasteiger partial charge in [-0.1, -0.05) is 12.1 Å². The first kappa shape index (κ1) is 24.7. The second kappa shape index (κ2) is 11.3. The van der Waals surface area contributed by atoms with Crippen molar-refractivity contribution in [1.82, 2.24) is 14.5 Å². The molecule has 1 fully saturated rings. The van der Waals surface area contributed by atoms with Gasteiger partial charge in [-0.25, -0.2) is 13.1 Å². The van der Waals surface area contributed by atoms with Crippen molar-refractivity contribution in [2.24, 2.45) is 0 Å². The average molecular weight is 476 g/mol. The monoisotopic (exact) mass is 475 g/mol. The minimum absolute atomic E-state index is 0.00545. The highest BCUT2D eigenvalue weighted by molar-refractivity contribution is 7.89. The van der Waals surface area contributed by atoms with Gasteiger partial charge < -0.3 is 19.3 Å². The first-order chi connectivity index (χ1) is 15.8. The lowest BCUT2D eigenvalue weighted by molar-refractivity contribution is -0.131. The van der Waals surface area contributed by atoms with Crippen LogP contribution in [0.5, 0.6) is 5.75 Å². The largest absolute Gasteiger partial charge is 0.497 e. The fourth-order valence-electron chi connectivity index (χ4n) is 3.55. The first-order valence-electron chi connectivity index (χ1n) is 10.6. The number of rotatable bonds is 9. The van der Waals surface area contributed by atoms with E-state index in [9.17, 15) is 18.0 Å². The van der Waals surface area contributed by atoms with Gasteiger partial charge in [0.05, 0.1) is 25.0 Å². The molecule has 1 aliphatic rings. The standard InChI is InChI=1S/C23H29N3O6S/c1-31-15-10-24-33(29,30)21-8-6-19(7-9-21)23(28)26-13-11-25(12-14-26)22(27)17-18-4-3-5-20(16-18)32-2/h3-9,16,24H,10-15,17H2,1-2H3. The molecule has 0 aliphatic carbocycles. The molecule has 3 rings (SSSR count). The van der Waals surface area contributed by atoms with Crippen LogP contribution in [0.25, 0.3) is 0 Å². The number of benzene rings is 2. The molecule has 0 aromatic heterocycles. The predicted octanol–water partition coefficient (Wildman–Crippen LogP) is 1.15. The Morgan fingerprint density at radius 1 is 0.970 bits per heavy atom. The Morgan fingerprint density at radius 2 is 1.64 bits per heavy atom. The molecule has 0 atom stereocenters. The Hall–Kier alpha value is -2.95. The first-order valence-corrected chi connectivity index (χ1v) is 12.1. The Balaban J connectivity index is 1.54. The van der Waals surface area contributed by atoms with Gasteiger partial charge in [0.2, 0.25) is 15.9 Å². The fourth-order valence-corrected chi connectivity index (χ4v) is 4.56. The lowest BCUT2D eigenvalue weighted by Crippen LogP contribution is -2.51. The number of piperazine rings is 1. The number of nitrogens with zero attached hydrogens (tertiary/aromatic N) is 2. The molecule has 10 heteroatoms. The number of amides is 2. The van der Waals surface area contributed by atoms with Gasteiger partial charge in [-0.15, -0.1) is 0 Å². The minimum Gasteiger partial charge on any atom is -0.497 e. The van der Waals surface area contributed by atoms with E-state index in [0.29, 0.717) is 37.5 Å². The normalized spacial score (nSPS) is 14.2. The highest BCUT2D eigenvalue weighted by Crippen LogP contribution is 2.16. The van der Waals surface area contributed by atoms with Gasteiger partial charge in [-0.2, -0.15) is 0 Å². The summed E-state index contributed by atoms with van der Waals surface area (Å²) in [5, 5.41) is 0. The van der Waals surface area contributed by atoms with E-state index in [1.165, 1.54) is 31.4 Å². The van der Waals surface area contributed by atoms with Crippen molar-refractivity contribution in [1.29, 1.82) is 0 Å². The van der Waals surface area contributed by atoms with Crippen molar-refractivity contribution in [2.75, 3.05) is 53.6 Å². The second-order valence-electron chi connectivity index (χ2n) is 7.62. The van der Waals surface area contributed by atoms with Crippen molar-refractivity contribution in [3.8, 4) is 5.75 Å². The third kappa shape index (κ3) is 6.53. The molecule has 178 valence electrons. The molecule has 0 radical (unpaired) electrons. The smallest absolute Gasteiger partial charge is 0.253 e. The summed E-state index contributed by atoms with van der Waals surface area (Å²) in [4.78, 5) is 29.0. The summed E-state index contributed by atoms with van der Waals surface area (Å²) < 4.78 is 37.0. The van der Waals surface area contributed by atoms with Crippen LogP contribution in [0.1, 0.15) is 15.9 Å². The van der Waals surface area contributed by atoms with Gasteiger partial charge in [-0.05, 0) is 42.0 Å². The maximum Gasteiger partial charge on any atom is 0.253 e. The topological polar surface area (TPSA) is 105 Å². The number of hydrogen-bond donors (Lipinski definition) is 1. The number of nitrogens with one attached hydrogen (secondary N) is 1. The molecule has 0 spiro atoms. The van der Waals surface area contributed by atoms with E-state index in [1.54, 1.807) is 16.9 Å². The molecule has 1 saturated heterocycles. The lowest BCUT2D eigenvalue weighted by atomic mass is 10.1. The van der Waals surface area contributed by atoms with Gasteiger partial charge >= 0.3 is 0 Å². The Kier molecular flexibility index (Phi) is 8.43. The molecule has 0 saturated carbocycles. The minimum atomic E-state index is -3.65. The molecule has 33 heavy (non-hydrogen) atoms. The van der Waals surface area contributed by atoms with Crippen LogP contribution >= 0.6 is 0 Å². The van der Waals surface area contributed by atoms with Crippen molar-refractivity contribution >= 4 is 21.8 Å². The van der Waals surface area contributed by atoms with Crippen LogP contribution in [0.4, 0.5) is 0 Å². The van der Waals surface area contributed by atoms with Gasteiger partial charge in [-0.3, -0.25) is 9.59 Å². The van der Waals surface area contributed by atoms with Crippen LogP contribution in [0.2, 0.25) is 0 Å². The highest BCUT2D eigenvalue weighted by atomic mass is 32.2. The van der Waals surface area contributed by atoms with Gasteiger partial charge in [0.1, 0.15) is 5.75 Å². The fraction of sp³-hybridized carbons (Fsp3) is 0.391. The zero-order chi connectivity index (χ0) is 23.8. The zero-order valence-corrected chi connectivity index (χ0v) is 19.6. The number of sulfonamides is 1. The predicted molar refractivity (Wildman–Crippen MR) is 123 cm³/mol. The quantitative estimate of drug-likeness (QED) is 0.546. The maximum atomic E-state index is 12.8. The van der Waals surface area contributed by atoms with E-state index in [2.05, 4.69) is 4.72 Å². The zero-order valence-electron chi connectivity index (χ0n) is 18.8. The summed E-state index contributed by atoms with van der Waals surface area (Å²) in [5.74, 6) is 0.525. The average Bonchev–Trinajstić information content (AvgIpc) is 2.84. The van der Waals surface area contributed by atoms with E-state index in [0.717, 1.165) is 5.56 Å². The van der Waals surface area contributed by atoms with Crippen LogP contribution in [0.3, 0.4) is 0 Å². The molecule has 1 aliphatic heterocycles. The van der Waals surface area contributed by atoms with Crippen LogP contribution in [0.15, 0.2) is 53.4 Å². The third-order valence-corrected chi connectivity index (χ3v) is 6.90. The van der Waals surface area contributed by atoms with E-state index in [4.69, 9.17) is 9.47 Å². The van der Waals surface area contributed by atoms with Crippen molar-refractivity contribution in [3.63, 3.8) is 0 Å². The molecule has 2 aromatic rings. The summed E-state index contributed by atoms with van der Waals surface area (Å²) in [6, 6.07) is 13.3. The van der Waals surface area contributed by atoms with Crippen LogP contribution in [-0.4, -0.2) is 83.6 Å². The number of methoxy groups -OCH3 is 2. The molecular weight excluding hydrogens is 446 g/mol. The molecule has 0 bridgehead atoms. The van der Waals surface area contributed by atoms with Gasteiger partial charge in [0.15, 0.2) is 0 Å². The van der Waals surface area contributed by atoms with E-state index >= 15 is 0 Å². The SMILES string of the molecule is COCCNS(=O)(=O)c1ccc(C(=O)N2CCN(C(=O)Cc3cccc(OC)c3)CC2)cc1. The maximum absolute atomic E-state index is 12.8. The molecule has 1 N–H and O–H groups in total. The number of carbonyl (C=O) groups is 2. The molecule has 9 nitrogen and oxygen atoms in total. The van der Waals surface area contributed by atoms with E-state index < -0.39 is 10.0 Å². The number of ether oxygens (including phenoxy) is 2. The molecular formula is C23H29N3O6S. The van der Waals surface area contributed by atoms with Gasteiger partial charge in [0.25, 0.3) is 5.91 Å². The van der Waals surface area contributed by atoms with Gasteiger partial charge in [0, 0.05) is 45.4 Å². The Labute approximate surface area is 194 Å². The van der Waals surface area contributed by atoms with Crippen molar-refractivity contribution in [3.05, 3.63) is 59.7 Å². The summed E-state index contributed by atoms with van der Waals surface area (Å²) >= 11 is 0. The third-order valence-electron chi connectivity index (χ3n) is 5.42. The number of hydrogen-bond acceptors (Lipinski definition) is 6. The Bertz CT molecular complexity index is 1060. The van der Waals surface area contributed by atoms with Crippen molar-refractivity contribution < 1.29 is 27.5 Å². The summed E-state index contributed by atoms with van der Waals surface area (Å²) in [6.07, 6.45) is 0.277. The van der Waals surface area contributed by atoms with E-state index in [-0.39, 0.29) is 36.3 Å². The summed E-state index contributed by atoms with van der Waals surface area (Å²) in [6.45, 7) is 2.17. The lowest BCUT2D eigenvalue weighted by Gasteiger charge is -2.35. The number of carbonyl (C=O) groups excluding carboxylic acids is 2. The summed E-state index contributed by atoms with van der Waals surface area (Å²) in [5.41, 5.74) is 1.28. The van der Waals surface area contributed by atoms with Crippen molar-refractivity contribution in [2.45, 2.75) is 11.3 Å². The molecule has 1 heterocycles. The van der Waals surface area contributed by atoms with Crippen LogP contribution in [0, 0.1) is 0 Å². The highest BCUT2D eigenvalue weighted by Gasteiger charge is 2.25. The van der Waals surface area contributed by atoms with Crippen LogP contribution in [-0.2, 0) is 26.0 Å².